The summed E-state index contributed by atoms with van der Waals surface area (Å²) in [5.74, 6) is 3.76. The van der Waals surface area contributed by atoms with E-state index in [0.29, 0.717) is 23.7 Å². The number of aliphatic imine (C=N–C) groups is 2. The summed E-state index contributed by atoms with van der Waals surface area (Å²) in [6.45, 7) is 5.03. The summed E-state index contributed by atoms with van der Waals surface area (Å²) < 4.78 is 0. The molecule has 6 aromatic carbocycles. The van der Waals surface area contributed by atoms with Crippen LogP contribution in [0.4, 0.5) is 0 Å². The number of hydrogen-bond acceptors (Lipinski definition) is 3. The van der Waals surface area contributed by atoms with Crippen molar-refractivity contribution in [2.24, 2.45) is 21.8 Å². The smallest absolute Gasteiger partial charge is 0.169 e. The van der Waals surface area contributed by atoms with Crippen molar-refractivity contribution in [3.63, 3.8) is 0 Å². The van der Waals surface area contributed by atoms with E-state index in [1.807, 2.05) is 0 Å². The van der Waals surface area contributed by atoms with Crippen molar-refractivity contribution in [2.75, 3.05) is 0 Å². The first-order valence-corrected chi connectivity index (χ1v) is 23.5. The van der Waals surface area contributed by atoms with Crippen LogP contribution in [-0.2, 0) is 10.8 Å². The Bertz CT molecular complexity index is 2900. The Morgan fingerprint density at radius 2 is 1.24 bits per heavy atom. The van der Waals surface area contributed by atoms with E-state index in [1.165, 1.54) is 77.5 Å². The molecule has 6 aliphatic rings. The highest BCUT2D eigenvalue weighted by atomic mass is 15.2. The fourth-order valence-electron chi connectivity index (χ4n) is 12.8. The molecule has 5 atom stereocenters. The van der Waals surface area contributed by atoms with Crippen molar-refractivity contribution in [1.82, 2.24) is 5.32 Å². The standard InChI is InChI=1S/C60H55N3/c1-59(2)52-28-16-26-47(55(52)50-38-54-49(37-53(50)59)48-25-10-11-27-51(48)60(54)33-12-5-13-34-60)45-23-14-21-43(35-45)44-22-15-24-46(36-44)58-62-56(41-19-8-4-9-20-41)61-57(63-58)42-31-29-40(30-32-42)39-17-6-3-7-18-39/h3-4,6-11,14-17,19-32,35-36,38-39,49,53-54,57H,5,12-13,18,33-34,37H2,1-2H3,(H,61,62,63). The summed E-state index contributed by atoms with van der Waals surface area (Å²) in [5.41, 5.74) is 17.8. The molecule has 1 spiro atoms. The topological polar surface area (TPSA) is 36.8 Å². The zero-order chi connectivity index (χ0) is 42.1. The summed E-state index contributed by atoms with van der Waals surface area (Å²) >= 11 is 0. The van der Waals surface area contributed by atoms with Gasteiger partial charge in [0.25, 0.3) is 0 Å². The molecule has 0 radical (unpaired) electrons. The van der Waals surface area contributed by atoms with Crippen LogP contribution in [0.5, 0.6) is 0 Å². The minimum Gasteiger partial charge on any atom is -0.324 e. The van der Waals surface area contributed by atoms with E-state index in [2.05, 4.69) is 195 Å². The first-order chi connectivity index (χ1) is 30.9. The van der Waals surface area contributed by atoms with Gasteiger partial charge in [-0.15, -0.1) is 0 Å². The number of benzene rings is 6. The summed E-state index contributed by atoms with van der Waals surface area (Å²) in [4.78, 5) is 10.5. The van der Waals surface area contributed by atoms with Crippen molar-refractivity contribution in [2.45, 2.75) is 87.6 Å². The average molecular weight is 818 g/mol. The van der Waals surface area contributed by atoms with Crippen molar-refractivity contribution < 1.29 is 0 Å². The Morgan fingerprint density at radius 1 is 0.587 bits per heavy atom. The van der Waals surface area contributed by atoms with E-state index < -0.39 is 0 Å². The van der Waals surface area contributed by atoms with Gasteiger partial charge < -0.3 is 5.32 Å². The predicted molar refractivity (Wildman–Crippen MR) is 261 cm³/mol. The molecule has 12 rings (SSSR count). The van der Waals surface area contributed by atoms with E-state index in [4.69, 9.17) is 9.98 Å². The van der Waals surface area contributed by atoms with Gasteiger partial charge in [0.15, 0.2) is 6.17 Å². The Labute approximate surface area is 373 Å². The summed E-state index contributed by atoms with van der Waals surface area (Å²) in [6, 6.07) is 54.2. The third-order valence-electron chi connectivity index (χ3n) is 15.9. The first-order valence-electron chi connectivity index (χ1n) is 23.5. The van der Waals surface area contributed by atoms with E-state index >= 15 is 0 Å². The van der Waals surface area contributed by atoms with Crippen LogP contribution < -0.4 is 5.32 Å². The van der Waals surface area contributed by atoms with Gasteiger partial charge in [-0.25, -0.2) is 9.98 Å². The number of allylic oxidation sites excluding steroid dienone is 6. The van der Waals surface area contributed by atoms with Crippen LogP contribution in [0.25, 0.3) is 27.8 Å². The summed E-state index contributed by atoms with van der Waals surface area (Å²) in [7, 11) is 0. The van der Waals surface area contributed by atoms with Crippen LogP contribution in [-0.4, -0.2) is 11.7 Å². The van der Waals surface area contributed by atoms with Gasteiger partial charge in [-0.05, 0) is 122 Å². The number of amidine groups is 2. The van der Waals surface area contributed by atoms with Crippen molar-refractivity contribution >= 4 is 17.2 Å². The second kappa shape index (κ2) is 15.2. The van der Waals surface area contributed by atoms with Crippen LogP contribution >= 0.6 is 0 Å². The molecule has 310 valence electrons. The Kier molecular flexibility index (Phi) is 9.25. The largest absolute Gasteiger partial charge is 0.324 e. The SMILES string of the molecule is CC1(C)c2cccc(-c3cccc(-c4cccc(C5=NC(c6ccc(C7C=CC=CC7)cc6)N=C(c6ccccc6)N5)c4)c3)c2C2=CC3C(CC21)c1ccccc1C31CCCCC1. The van der Waals surface area contributed by atoms with E-state index in [0.717, 1.165) is 34.8 Å². The van der Waals surface area contributed by atoms with Crippen molar-refractivity contribution in [3.8, 4) is 22.3 Å². The van der Waals surface area contributed by atoms with E-state index in [1.54, 1.807) is 16.7 Å². The highest BCUT2D eigenvalue weighted by molar-refractivity contribution is 6.16. The van der Waals surface area contributed by atoms with Crippen LogP contribution in [0.3, 0.4) is 0 Å². The lowest BCUT2D eigenvalue weighted by Crippen LogP contribution is -2.37. The quantitative estimate of drug-likeness (QED) is 0.179. The number of rotatable bonds is 6. The zero-order valence-electron chi connectivity index (χ0n) is 36.5. The third-order valence-corrected chi connectivity index (χ3v) is 15.9. The van der Waals surface area contributed by atoms with Gasteiger partial charge in [-0.2, -0.15) is 0 Å². The molecule has 0 aromatic heterocycles. The zero-order valence-corrected chi connectivity index (χ0v) is 36.5. The highest BCUT2D eigenvalue weighted by Gasteiger charge is 2.56. The molecule has 3 heteroatoms. The molecule has 5 aliphatic carbocycles. The molecule has 63 heavy (non-hydrogen) atoms. The summed E-state index contributed by atoms with van der Waals surface area (Å²) in [5, 5.41) is 3.65. The van der Waals surface area contributed by atoms with Gasteiger partial charge >= 0.3 is 0 Å². The molecule has 5 unspecified atom stereocenters. The Morgan fingerprint density at radius 3 is 2.02 bits per heavy atom. The van der Waals surface area contributed by atoms with Gasteiger partial charge in [0.1, 0.15) is 11.7 Å². The second-order valence-electron chi connectivity index (χ2n) is 19.6. The third kappa shape index (κ3) is 6.37. The minimum atomic E-state index is -0.358. The predicted octanol–water partition coefficient (Wildman–Crippen LogP) is 14.4. The monoisotopic (exact) mass is 817 g/mol. The van der Waals surface area contributed by atoms with Gasteiger partial charge in [-0.1, -0.05) is 197 Å². The van der Waals surface area contributed by atoms with Crippen LogP contribution in [0.15, 0.2) is 186 Å². The maximum absolute atomic E-state index is 5.29. The fourth-order valence-corrected chi connectivity index (χ4v) is 12.8. The normalized spacial score (nSPS) is 24.6. The second-order valence-corrected chi connectivity index (χ2v) is 19.6. The van der Waals surface area contributed by atoms with E-state index in [9.17, 15) is 0 Å². The molecule has 1 aliphatic heterocycles. The molecular formula is C60H55N3. The Hall–Kier alpha value is -6.32. The van der Waals surface area contributed by atoms with Gasteiger partial charge in [-0.3, -0.25) is 0 Å². The van der Waals surface area contributed by atoms with E-state index in [-0.39, 0.29) is 17.0 Å². The first kappa shape index (κ1) is 38.4. The molecular weight excluding hydrogens is 763 g/mol. The van der Waals surface area contributed by atoms with Crippen molar-refractivity contribution in [1.29, 1.82) is 0 Å². The van der Waals surface area contributed by atoms with Gasteiger partial charge in [0.05, 0.1) is 0 Å². The molecule has 1 saturated carbocycles. The van der Waals surface area contributed by atoms with Crippen LogP contribution in [0, 0.1) is 11.8 Å². The number of fused-ring (bicyclic) bond motifs is 8. The van der Waals surface area contributed by atoms with Gasteiger partial charge in [0.2, 0.25) is 0 Å². The maximum atomic E-state index is 5.29. The molecule has 0 bridgehead atoms. The highest BCUT2D eigenvalue weighted by Crippen LogP contribution is 2.66. The lowest BCUT2D eigenvalue weighted by Gasteiger charge is -2.44. The maximum Gasteiger partial charge on any atom is 0.169 e. The van der Waals surface area contributed by atoms with Crippen LogP contribution in [0.1, 0.15) is 121 Å². The minimum absolute atomic E-state index is 0.0607. The fraction of sp³-hybridized carbons (Fsp3) is 0.267. The molecule has 0 amide bonds. The lowest BCUT2D eigenvalue weighted by atomic mass is 9.59. The molecule has 0 saturated heterocycles. The number of nitrogens with one attached hydrogen (secondary N) is 1. The molecule has 1 heterocycles. The van der Waals surface area contributed by atoms with Crippen molar-refractivity contribution in [3.05, 3.63) is 220 Å². The number of nitrogens with zero attached hydrogens (tertiary/aromatic N) is 2. The molecule has 3 nitrogen and oxygen atoms in total. The molecule has 1 N–H and O–H groups in total. The molecule has 1 fully saturated rings. The van der Waals surface area contributed by atoms with Crippen LogP contribution in [0.2, 0.25) is 0 Å². The Balaban J connectivity index is 0.898. The number of hydrogen-bond donors (Lipinski definition) is 1. The summed E-state index contributed by atoms with van der Waals surface area (Å²) in [6.07, 6.45) is 20.3. The molecule has 6 aromatic rings. The van der Waals surface area contributed by atoms with Gasteiger partial charge in [0, 0.05) is 22.5 Å². The lowest BCUT2D eigenvalue weighted by molar-refractivity contribution is 0.201. The average Bonchev–Trinajstić information content (AvgIpc) is 3.74.